The van der Waals surface area contributed by atoms with Gasteiger partial charge >= 0.3 is 0 Å². The monoisotopic (exact) mass is 271 g/mol. The molecule has 20 heavy (non-hydrogen) atoms. The SMILES string of the molecule is Cn1c(=O)cc(NCCCNC2CC2)c2ccccc21. The van der Waals surface area contributed by atoms with Gasteiger partial charge in [-0.2, -0.15) is 0 Å². The molecule has 1 aromatic heterocycles. The van der Waals surface area contributed by atoms with E-state index in [2.05, 4.69) is 16.7 Å². The van der Waals surface area contributed by atoms with Crippen molar-refractivity contribution in [2.24, 2.45) is 7.05 Å². The number of nitrogens with zero attached hydrogens (tertiary/aromatic N) is 1. The summed E-state index contributed by atoms with van der Waals surface area (Å²) in [5.41, 5.74) is 1.94. The Bertz CT molecular complexity index is 658. The Morgan fingerprint density at radius 1 is 1.25 bits per heavy atom. The number of hydrogen-bond acceptors (Lipinski definition) is 3. The molecule has 2 aromatic rings. The zero-order valence-corrected chi connectivity index (χ0v) is 11.9. The van der Waals surface area contributed by atoms with Crippen LogP contribution in [-0.2, 0) is 7.05 Å². The van der Waals surface area contributed by atoms with E-state index in [1.165, 1.54) is 12.8 Å². The fourth-order valence-corrected chi connectivity index (χ4v) is 2.46. The maximum atomic E-state index is 12.0. The molecule has 1 saturated carbocycles. The van der Waals surface area contributed by atoms with Gasteiger partial charge in [0.2, 0.25) is 0 Å². The van der Waals surface area contributed by atoms with Gasteiger partial charge in [0.15, 0.2) is 0 Å². The van der Waals surface area contributed by atoms with Gasteiger partial charge in [-0.1, -0.05) is 18.2 Å². The molecule has 0 amide bonds. The molecule has 106 valence electrons. The first kappa shape index (κ1) is 13.2. The van der Waals surface area contributed by atoms with Crippen LogP contribution in [0.25, 0.3) is 10.9 Å². The van der Waals surface area contributed by atoms with Crippen molar-refractivity contribution in [1.82, 2.24) is 9.88 Å². The van der Waals surface area contributed by atoms with Gasteiger partial charge in [-0.15, -0.1) is 0 Å². The van der Waals surface area contributed by atoms with Gasteiger partial charge in [-0.05, 0) is 31.9 Å². The Hall–Kier alpha value is -1.81. The highest BCUT2D eigenvalue weighted by Gasteiger charge is 2.19. The molecule has 1 aromatic carbocycles. The molecule has 0 atom stereocenters. The highest BCUT2D eigenvalue weighted by molar-refractivity contribution is 5.91. The first-order valence-electron chi connectivity index (χ1n) is 7.32. The molecule has 1 aliphatic rings. The largest absolute Gasteiger partial charge is 0.384 e. The Labute approximate surface area is 118 Å². The van der Waals surface area contributed by atoms with Crippen LogP contribution in [0.15, 0.2) is 35.1 Å². The average Bonchev–Trinajstić information content (AvgIpc) is 3.28. The Balaban J connectivity index is 1.70. The van der Waals surface area contributed by atoms with Crippen LogP contribution in [0.1, 0.15) is 19.3 Å². The number of aryl methyl sites for hydroxylation is 1. The summed E-state index contributed by atoms with van der Waals surface area (Å²) in [6, 6.07) is 10.5. The van der Waals surface area contributed by atoms with Crippen molar-refractivity contribution in [3.63, 3.8) is 0 Å². The molecule has 0 aliphatic heterocycles. The lowest BCUT2D eigenvalue weighted by molar-refractivity contribution is 0.659. The summed E-state index contributed by atoms with van der Waals surface area (Å²) in [6.45, 7) is 1.93. The number of para-hydroxylation sites is 1. The lowest BCUT2D eigenvalue weighted by atomic mass is 10.2. The number of aromatic nitrogens is 1. The average molecular weight is 271 g/mol. The van der Waals surface area contributed by atoms with E-state index in [0.29, 0.717) is 0 Å². The zero-order valence-electron chi connectivity index (χ0n) is 11.9. The molecule has 3 rings (SSSR count). The molecule has 0 spiro atoms. The summed E-state index contributed by atoms with van der Waals surface area (Å²) >= 11 is 0. The van der Waals surface area contributed by atoms with Crippen LogP contribution in [0.5, 0.6) is 0 Å². The van der Waals surface area contributed by atoms with Gasteiger partial charge in [-0.3, -0.25) is 4.79 Å². The highest BCUT2D eigenvalue weighted by Crippen LogP contribution is 2.21. The van der Waals surface area contributed by atoms with E-state index in [1.54, 1.807) is 10.6 Å². The zero-order chi connectivity index (χ0) is 13.9. The molecule has 0 radical (unpaired) electrons. The van der Waals surface area contributed by atoms with Crippen LogP contribution in [0, 0.1) is 0 Å². The molecule has 0 bridgehead atoms. The van der Waals surface area contributed by atoms with E-state index >= 15 is 0 Å². The summed E-state index contributed by atoms with van der Waals surface area (Å²) in [5, 5.41) is 7.99. The van der Waals surface area contributed by atoms with Gasteiger partial charge in [0, 0.05) is 36.8 Å². The van der Waals surface area contributed by atoms with Gasteiger partial charge in [0.05, 0.1) is 5.52 Å². The lowest BCUT2D eigenvalue weighted by Crippen LogP contribution is -2.21. The van der Waals surface area contributed by atoms with Gasteiger partial charge in [0.25, 0.3) is 5.56 Å². The third kappa shape index (κ3) is 2.85. The van der Waals surface area contributed by atoms with Crippen LogP contribution >= 0.6 is 0 Å². The van der Waals surface area contributed by atoms with Crippen LogP contribution in [-0.4, -0.2) is 23.7 Å². The van der Waals surface area contributed by atoms with Crippen molar-refractivity contribution in [2.45, 2.75) is 25.3 Å². The van der Waals surface area contributed by atoms with Crippen LogP contribution in [0.3, 0.4) is 0 Å². The maximum absolute atomic E-state index is 12.0. The molecule has 1 fully saturated rings. The number of anilines is 1. The van der Waals surface area contributed by atoms with Crippen LogP contribution < -0.4 is 16.2 Å². The number of rotatable bonds is 6. The first-order chi connectivity index (χ1) is 9.75. The second-order valence-corrected chi connectivity index (χ2v) is 5.48. The molecule has 4 nitrogen and oxygen atoms in total. The summed E-state index contributed by atoms with van der Waals surface area (Å²) in [6.07, 6.45) is 3.72. The molecule has 1 aliphatic carbocycles. The molecular formula is C16H21N3O. The lowest BCUT2D eigenvalue weighted by Gasteiger charge is -2.12. The van der Waals surface area contributed by atoms with Gasteiger partial charge in [-0.25, -0.2) is 0 Å². The standard InChI is InChI=1S/C16H21N3O/c1-19-15-6-3-2-5-13(15)14(11-16(19)20)18-10-4-9-17-12-7-8-12/h2-3,5-6,11-12,17-18H,4,7-10H2,1H3. The normalized spacial score (nSPS) is 14.7. The van der Waals surface area contributed by atoms with Crippen LogP contribution in [0.4, 0.5) is 5.69 Å². The van der Waals surface area contributed by atoms with E-state index in [-0.39, 0.29) is 5.56 Å². The number of nitrogens with one attached hydrogen (secondary N) is 2. The fourth-order valence-electron chi connectivity index (χ4n) is 2.46. The van der Waals surface area contributed by atoms with Gasteiger partial charge in [0.1, 0.15) is 0 Å². The maximum Gasteiger partial charge on any atom is 0.252 e. The molecule has 4 heteroatoms. The summed E-state index contributed by atoms with van der Waals surface area (Å²) < 4.78 is 1.69. The van der Waals surface area contributed by atoms with E-state index < -0.39 is 0 Å². The molecule has 0 unspecified atom stereocenters. The van der Waals surface area contributed by atoms with Crippen molar-refractivity contribution < 1.29 is 0 Å². The predicted molar refractivity (Wildman–Crippen MR) is 83.3 cm³/mol. The number of hydrogen-bond donors (Lipinski definition) is 2. The highest BCUT2D eigenvalue weighted by atomic mass is 16.1. The van der Waals surface area contributed by atoms with Gasteiger partial charge < -0.3 is 15.2 Å². The summed E-state index contributed by atoms with van der Waals surface area (Å²) in [7, 11) is 1.81. The van der Waals surface area contributed by atoms with Crippen molar-refractivity contribution in [1.29, 1.82) is 0 Å². The smallest absolute Gasteiger partial charge is 0.252 e. The van der Waals surface area contributed by atoms with E-state index in [0.717, 1.165) is 42.1 Å². The minimum atomic E-state index is 0.0299. The molecule has 1 heterocycles. The predicted octanol–water partition coefficient (Wildman–Crippen LogP) is 2.09. The Morgan fingerprint density at radius 3 is 2.85 bits per heavy atom. The third-order valence-electron chi connectivity index (χ3n) is 3.83. The topological polar surface area (TPSA) is 46.1 Å². The van der Waals surface area contributed by atoms with Crippen molar-refractivity contribution in [2.75, 3.05) is 18.4 Å². The van der Waals surface area contributed by atoms with Crippen molar-refractivity contribution >= 4 is 16.6 Å². The first-order valence-corrected chi connectivity index (χ1v) is 7.32. The minimum absolute atomic E-state index is 0.0299. The molecule has 2 N–H and O–H groups in total. The second kappa shape index (κ2) is 5.67. The number of fused-ring (bicyclic) bond motifs is 1. The van der Waals surface area contributed by atoms with E-state index in [9.17, 15) is 4.79 Å². The summed E-state index contributed by atoms with van der Waals surface area (Å²) in [4.78, 5) is 12.0. The third-order valence-corrected chi connectivity index (χ3v) is 3.83. The summed E-state index contributed by atoms with van der Waals surface area (Å²) in [5.74, 6) is 0. The van der Waals surface area contributed by atoms with Crippen molar-refractivity contribution in [3.8, 4) is 0 Å². The quantitative estimate of drug-likeness (QED) is 0.791. The Morgan fingerprint density at radius 2 is 2.05 bits per heavy atom. The Kier molecular flexibility index (Phi) is 3.74. The van der Waals surface area contributed by atoms with E-state index in [4.69, 9.17) is 0 Å². The number of pyridine rings is 1. The van der Waals surface area contributed by atoms with E-state index in [1.807, 2.05) is 25.2 Å². The molecule has 0 saturated heterocycles. The molecular weight excluding hydrogens is 250 g/mol. The second-order valence-electron chi connectivity index (χ2n) is 5.48. The fraction of sp³-hybridized carbons (Fsp3) is 0.438. The van der Waals surface area contributed by atoms with Crippen LogP contribution in [0.2, 0.25) is 0 Å². The minimum Gasteiger partial charge on any atom is -0.384 e. The van der Waals surface area contributed by atoms with Crippen molar-refractivity contribution in [3.05, 3.63) is 40.7 Å². The number of benzene rings is 1.